The van der Waals surface area contributed by atoms with E-state index in [2.05, 4.69) is 20.5 Å². The van der Waals surface area contributed by atoms with Gasteiger partial charge in [0.15, 0.2) is 0 Å². The number of carbonyl (C=O) groups excluding carboxylic acids is 1. The lowest BCUT2D eigenvalue weighted by molar-refractivity contribution is -0.144. The minimum absolute atomic E-state index is 0.0150. The number of amides is 1. The van der Waals surface area contributed by atoms with Crippen molar-refractivity contribution in [2.45, 2.75) is 32.0 Å². The molecule has 1 aromatic rings. The van der Waals surface area contributed by atoms with E-state index in [4.69, 9.17) is 0 Å². The average molecular weight is 260 g/mol. The molecule has 18 heavy (non-hydrogen) atoms. The van der Waals surface area contributed by atoms with Gasteiger partial charge < -0.3 is 5.32 Å². The van der Waals surface area contributed by atoms with Crippen LogP contribution < -0.4 is 5.32 Å². The van der Waals surface area contributed by atoms with Gasteiger partial charge in [0.25, 0.3) is 5.82 Å². The molecule has 2 saturated carbocycles. The van der Waals surface area contributed by atoms with Crippen LogP contribution in [0.15, 0.2) is 0 Å². The number of nitrogens with zero attached hydrogens (tertiary/aromatic N) is 2. The molecule has 1 heterocycles. The Morgan fingerprint density at radius 2 is 2.22 bits per heavy atom. The Hall–Kier alpha value is -1.60. The first-order valence-electron chi connectivity index (χ1n) is 5.67. The number of halogens is 3. The molecule has 3 rings (SSSR count). The molecule has 2 aliphatic carbocycles. The molecule has 98 valence electrons. The van der Waals surface area contributed by atoms with E-state index in [0.29, 0.717) is 0 Å². The molecular formula is C10H11F3N4O. The lowest BCUT2D eigenvalue weighted by Crippen LogP contribution is -2.25. The van der Waals surface area contributed by atoms with Gasteiger partial charge >= 0.3 is 6.18 Å². The van der Waals surface area contributed by atoms with E-state index < -0.39 is 12.0 Å². The van der Waals surface area contributed by atoms with Crippen molar-refractivity contribution in [2.24, 2.45) is 11.3 Å². The predicted octanol–water partition coefficient (Wildman–Crippen LogP) is 1.24. The van der Waals surface area contributed by atoms with Gasteiger partial charge in [0, 0.05) is 5.92 Å². The summed E-state index contributed by atoms with van der Waals surface area (Å²) >= 11 is 0. The van der Waals surface area contributed by atoms with Crippen molar-refractivity contribution in [3.05, 3.63) is 11.6 Å². The van der Waals surface area contributed by atoms with Gasteiger partial charge in [0.2, 0.25) is 5.91 Å². The maximum atomic E-state index is 12.2. The molecule has 8 heteroatoms. The van der Waals surface area contributed by atoms with Gasteiger partial charge in [-0.2, -0.15) is 13.2 Å². The molecule has 0 aromatic carbocycles. The fourth-order valence-electron chi connectivity index (χ4n) is 2.23. The first kappa shape index (κ1) is 11.5. The van der Waals surface area contributed by atoms with Crippen LogP contribution in [0, 0.1) is 11.3 Å². The Kier molecular flexibility index (Phi) is 2.21. The van der Waals surface area contributed by atoms with Crippen molar-refractivity contribution in [2.75, 3.05) is 0 Å². The summed E-state index contributed by atoms with van der Waals surface area (Å²) in [7, 11) is 0. The minimum atomic E-state index is -4.56. The highest BCUT2D eigenvalue weighted by molar-refractivity contribution is 5.83. The molecule has 2 N–H and O–H groups in total. The molecule has 1 aromatic heterocycles. The Balaban J connectivity index is 1.54. The highest BCUT2D eigenvalue weighted by atomic mass is 19.4. The Morgan fingerprint density at radius 3 is 2.72 bits per heavy atom. The van der Waals surface area contributed by atoms with Gasteiger partial charge in [-0.15, -0.1) is 5.10 Å². The van der Waals surface area contributed by atoms with Crippen LogP contribution >= 0.6 is 0 Å². The largest absolute Gasteiger partial charge is 0.453 e. The second kappa shape index (κ2) is 3.46. The van der Waals surface area contributed by atoms with Crippen molar-refractivity contribution >= 4 is 5.91 Å². The van der Waals surface area contributed by atoms with Gasteiger partial charge in [-0.1, -0.05) is 0 Å². The molecule has 2 fully saturated rings. The van der Waals surface area contributed by atoms with Gasteiger partial charge in [-0.05, 0) is 24.7 Å². The fraction of sp³-hybridized carbons (Fsp3) is 0.700. The highest BCUT2D eigenvalue weighted by Crippen LogP contribution is 2.70. The summed E-state index contributed by atoms with van der Waals surface area (Å²) in [4.78, 5) is 14.9. The molecule has 1 amide bonds. The molecule has 1 atom stereocenters. The van der Waals surface area contributed by atoms with Crippen LogP contribution in [0.4, 0.5) is 13.2 Å². The third-order valence-corrected chi connectivity index (χ3v) is 3.61. The van der Waals surface area contributed by atoms with Crippen LogP contribution in [0.2, 0.25) is 0 Å². The zero-order valence-corrected chi connectivity index (χ0v) is 9.34. The molecule has 0 radical (unpaired) electrons. The van der Waals surface area contributed by atoms with Gasteiger partial charge in [-0.25, -0.2) is 4.98 Å². The molecule has 0 bridgehead atoms. The van der Waals surface area contributed by atoms with Crippen LogP contribution in [-0.4, -0.2) is 21.1 Å². The number of rotatable bonds is 3. The first-order chi connectivity index (χ1) is 8.41. The Bertz CT molecular complexity index is 492. The van der Waals surface area contributed by atoms with Crippen molar-refractivity contribution < 1.29 is 18.0 Å². The van der Waals surface area contributed by atoms with E-state index in [1.165, 1.54) is 0 Å². The smallest absolute Gasteiger partial charge is 0.349 e. The van der Waals surface area contributed by atoms with E-state index in [0.717, 1.165) is 19.3 Å². The molecular weight excluding hydrogens is 249 g/mol. The van der Waals surface area contributed by atoms with Crippen molar-refractivity contribution in [1.29, 1.82) is 0 Å². The van der Waals surface area contributed by atoms with Crippen LogP contribution in [0.1, 0.15) is 30.9 Å². The molecule has 0 aliphatic heterocycles. The Morgan fingerprint density at radius 1 is 1.50 bits per heavy atom. The fourth-order valence-corrected chi connectivity index (χ4v) is 2.23. The second-order valence-electron chi connectivity index (χ2n) is 4.94. The lowest BCUT2D eigenvalue weighted by atomic mass is 10.3. The van der Waals surface area contributed by atoms with Gasteiger partial charge in [0.05, 0.1) is 6.54 Å². The van der Waals surface area contributed by atoms with Crippen LogP contribution in [0.5, 0.6) is 0 Å². The minimum Gasteiger partial charge on any atom is -0.349 e. The first-order valence-corrected chi connectivity index (χ1v) is 5.67. The zero-order valence-electron chi connectivity index (χ0n) is 9.34. The SMILES string of the molecule is O=C(NCc1nc(C(F)(F)F)n[nH]1)[C@@H]1CC12CC2. The van der Waals surface area contributed by atoms with Crippen molar-refractivity contribution in [1.82, 2.24) is 20.5 Å². The second-order valence-corrected chi connectivity index (χ2v) is 4.94. The Labute approximate surface area is 100 Å². The maximum Gasteiger partial charge on any atom is 0.453 e. The summed E-state index contributed by atoms with van der Waals surface area (Å²) < 4.78 is 36.6. The summed E-state index contributed by atoms with van der Waals surface area (Å²) in [6, 6.07) is 0. The van der Waals surface area contributed by atoms with E-state index in [-0.39, 0.29) is 29.6 Å². The van der Waals surface area contributed by atoms with Crippen LogP contribution in [0.25, 0.3) is 0 Å². The highest BCUT2D eigenvalue weighted by Gasteiger charge is 2.65. The van der Waals surface area contributed by atoms with Crippen molar-refractivity contribution in [3.63, 3.8) is 0 Å². The van der Waals surface area contributed by atoms with E-state index >= 15 is 0 Å². The maximum absolute atomic E-state index is 12.2. The number of aromatic nitrogens is 3. The molecule has 1 spiro atoms. The molecule has 0 saturated heterocycles. The standard InChI is InChI=1S/C10H11F3N4O/c11-10(12,13)8-15-6(16-17-8)4-14-7(18)5-3-9(5)1-2-9/h5H,1-4H2,(H,14,18)(H,15,16,17)/t5-/m0/s1. The predicted molar refractivity (Wildman–Crippen MR) is 53.0 cm³/mol. The van der Waals surface area contributed by atoms with Crippen LogP contribution in [0.3, 0.4) is 0 Å². The number of carbonyl (C=O) groups is 1. The molecule has 5 nitrogen and oxygen atoms in total. The summed E-state index contributed by atoms with van der Waals surface area (Å²) in [5.74, 6) is -1.25. The summed E-state index contributed by atoms with van der Waals surface area (Å²) in [6.45, 7) is -0.0471. The van der Waals surface area contributed by atoms with E-state index in [1.807, 2.05) is 0 Å². The topological polar surface area (TPSA) is 70.7 Å². The lowest BCUT2D eigenvalue weighted by Gasteiger charge is -2.01. The number of nitrogens with one attached hydrogen (secondary N) is 2. The van der Waals surface area contributed by atoms with Gasteiger partial charge in [-0.3, -0.25) is 9.89 Å². The average Bonchev–Trinajstić information content (AvgIpc) is 3.16. The molecule has 0 unspecified atom stereocenters. The third-order valence-electron chi connectivity index (χ3n) is 3.61. The number of H-pyrrole nitrogens is 1. The number of aromatic amines is 1. The number of hydrogen-bond donors (Lipinski definition) is 2. The number of alkyl halides is 3. The zero-order chi connectivity index (χ0) is 13.0. The summed E-state index contributed by atoms with van der Waals surface area (Å²) in [5.41, 5.74) is 0.239. The normalized spacial score (nSPS) is 24.1. The monoisotopic (exact) mass is 260 g/mol. The van der Waals surface area contributed by atoms with E-state index in [1.54, 1.807) is 0 Å². The number of hydrogen-bond acceptors (Lipinski definition) is 3. The van der Waals surface area contributed by atoms with Crippen molar-refractivity contribution in [3.8, 4) is 0 Å². The van der Waals surface area contributed by atoms with E-state index in [9.17, 15) is 18.0 Å². The molecule has 2 aliphatic rings. The quantitative estimate of drug-likeness (QED) is 0.859. The van der Waals surface area contributed by atoms with Gasteiger partial charge in [0.1, 0.15) is 5.82 Å². The van der Waals surface area contributed by atoms with Crippen LogP contribution in [-0.2, 0) is 17.5 Å². The summed E-state index contributed by atoms with van der Waals surface area (Å²) in [5, 5.41) is 7.80. The third kappa shape index (κ3) is 1.95. The summed E-state index contributed by atoms with van der Waals surface area (Å²) in [6.07, 6.45) is -1.48.